The Balaban J connectivity index is 2.24. The van der Waals surface area contributed by atoms with Gasteiger partial charge in [0, 0.05) is 11.1 Å². The predicted molar refractivity (Wildman–Crippen MR) is 73.5 cm³/mol. The number of thiophene rings is 1. The monoisotopic (exact) mass is 327 g/mol. The van der Waals surface area contributed by atoms with Gasteiger partial charge in [0.15, 0.2) is 0 Å². The number of nitrogen functional groups attached to an aromatic ring is 1. The Morgan fingerprint density at radius 2 is 2.22 bits per heavy atom. The zero-order valence-corrected chi connectivity index (χ0v) is 11.6. The Labute approximate surface area is 115 Å². The molecule has 2 heterocycles. The number of halogens is 1. The number of nitrogens with one attached hydrogen (secondary N) is 1. The number of hydrogen-bond donors (Lipinski definition) is 2. The molecule has 0 spiro atoms. The first-order chi connectivity index (χ1) is 8.61. The minimum absolute atomic E-state index is 0.101. The highest BCUT2D eigenvalue weighted by Crippen LogP contribution is 2.17. The molecule has 0 saturated carbocycles. The minimum Gasteiger partial charge on any atom is -0.309 e. The highest BCUT2D eigenvalue weighted by Gasteiger charge is 2.08. The van der Waals surface area contributed by atoms with Gasteiger partial charge in [-0.05, 0) is 40.2 Å². The lowest BCUT2D eigenvalue weighted by Crippen LogP contribution is -2.29. The number of nitrogens with two attached hydrogens (primary N) is 1. The summed E-state index contributed by atoms with van der Waals surface area (Å²) in [5.74, 6) is 4.73. The van der Waals surface area contributed by atoms with Gasteiger partial charge in [0.2, 0.25) is 0 Å². The Morgan fingerprint density at radius 3 is 2.94 bits per heavy atom. The summed E-state index contributed by atoms with van der Waals surface area (Å²) in [6.45, 7) is 0.431. The van der Waals surface area contributed by atoms with E-state index in [0.29, 0.717) is 15.9 Å². The molecule has 94 valence electrons. The molecule has 5 nitrogen and oxygen atoms in total. The number of aromatic nitrogens is 1. The third-order valence-electron chi connectivity index (χ3n) is 2.32. The molecule has 0 unspecified atom stereocenters. The van der Waals surface area contributed by atoms with Gasteiger partial charge in [-0.2, -0.15) is 0 Å². The van der Waals surface area contributed by atoms with E-state index in [1.165, 1.54) is 11.3 Å². The van der Waals surface area contributed by atoms with Gasteiger partial charge in [-0.15, -0.1) is 11.3 Å². The molecule has 3 N–H and O–H groups in total. The van der Waals surface area contributed by atoms with E-state index in [1.807, 2.05) is 6.07 Å². The molecule has 0 aromatic carbocycles. The average molecular weight is 328 g/mol. The number of carbonyl (C=O) groups is 1. The number of hydrogen-bond acceptors (Lipinski definition) is 4. The van der Waals surface area contributed by atoms with Crippen molar-refractivity contribution < 1.29 is 4.79 Å². The summed E-state index contributed by atoms with van der Waals surface area (Å²) in [6, 6.07) is 6.97. The molecular formula is C11H10BrN3O2S. The second kappa shape index (κ2) is 5.47. The SMILES string of the molecule is NNC(=O)c1ccc(Cn2cccc(Br)c2=O)s1. The second-order valence-corrected chi connectivity index (χ2v) is 5.55. The number of carbonyl (C=O) groups excluding carboxylic acids is 1. The Bertz CT molecular complexity index is 635. The van der Waals surface area contributed by atoms with Gasteiger partial charge in [-0.25, -0.2) is 5.84 Å². The van der Waals surface area contributed by atoms with Crippen molar-refractivity contribution >= 4 is 33.2 Å². The average Bonchev–Trinajstić information content (AvgIpc) is 2.82. The van der Waals surface area contributed by atoms with Gasteiger partial charge in [0.05, 0.1) is 15.9 Å². The molecule has 1 amide bonds. The van der Waals surface area contributed by atoms with Crippen LogP contribution < -0.4 is 16.8 Å². The molecule has 0 aliphatic heterocycles. The van der Waals surface area contributed by atoms with E-state index in [0.717, 1.165) is 4.88 Å². The van der Waals surface area contributed by atoms with Crippen LogP contribution in [0.3, 0.4) is 0 Å². The van der Waals surface area contributed by atoms with E-state index in [9.17, 15) is 9.59 Å². The third kappa shape index (κ3) is 2.69. The maximum absolute atomic E-state index is 11.8. The lowest BCUT2D eigenvalue weighted by molar-refractivity contribution is 0.0957. The summed E-state index contributed by atoms with van der Waals surface area (Å²) in [5, 5.41) is 0. The highest BCUT2D eigenvalue weighted by molar-refractivity contribution is 9.10. The lowest BCUT2D eigenvalue weighted by Gasteiger charge is -2.03. The van der Waals surface area contributed by atoms with Gasteiger partial charge in [0.1, 0.15) is 0 Å². The highest BCUT2D eigenvalue weighted by atomic mass is 79.9. The van der Waals surface area contributed by atoms with Gasteiger partial charge >= 0.3 is 0 Å². The molecule has 0 radical (unpaired) electrons. The Morgan fingerprint density at radius 1 is 1.44 bits per heavy atom. The van der Waals surface area contributed by atoms with Crippen molar-refractivity contribution in [3.8, 4) is 0 Å². The van der Waals surface area contributed by atoms with Gasteiger partial charge < -0.3 is 4.57 Å². The molecule has 0 aliphatic rings. The number of nitrogens with zero attached hydrogens (tertiary/aromatic N) is 1. The van der Waals surface area contributed by atoms with E-state index in [1.54, 1.807) is 29.0 Å². The first-order valence-corrected chi connectivity index (χ1v) is 6.67. The van der Waals surface area contributed by atoms with E-state index in [-0.39, 0.29) is 11.5 Å². The van der Waals surface area contributed by atoms with Crippen molar-refractivity contribution in [1.82, 2.24) is 9.99 Å². The van der Waals surface area contributed by atoms with Crippen LogP contribution in [0.4, 0.5) is 0 Å². The van der Waals surface area contributed by atoms with Crippen LogP contribution in [0.2, 0.25) is 0 Å². The normalized spacial score (nSPS) is 10.3. The summed E-state index contributed by atoms with van der Waals surface area (Å²) in [7, 11) is 0. The Kier molecular flexibility index (Phi) is 3.95. The number of hydrazine groups is 1. The van der Waals surface area contributed by atoms with E-state index in [4.69, 9.17) is 5.84 Å². The fourth-order valence-electron chi connectivity index (χ4n) is 1.46. The van der Waals surface area contributed by atoms with Crippen LogP contribution in [0.1, 0.15) is 14.5 Å². The zero-order valence-electron chi connectivity index (χ0n) is 9.22. The molecule has 0 bridgehead atoms. The topological polar surface area (TPSA) is 77.1 Å². The number of amides is 1. The van der Waals surface area contributed by atoms with Crippen LogP contribution in [0.25, 0.3) is 0 Å². The van der Waals surface area contributed by atoms with Crippen molar-refractivity contribution in [2.45, 2.75) is 6.54 Å². The van der Waals surface area contributed by atoms with Crippen molar-refractivity contribution in [3.63, 3.8) is 0 Å². The van der Waals surface area contributed by atoms with Gasteiger partial charge in [-0.3, -0.25) is 15.0 Å². The van der Waals surface area contributed by atoms with E-state index < -0.39 is 0 Å². The smallest absolute Gasteiger partial charge is 0.275 e. The standard InChI is InChI=1S/C11H10BrN3O2S/c12-8-2-1-5-15(11(8)17)6-7-3-4-9(18-7)10(16)14-13/h1-5H,6,13H2,(H,14,16). The first kappa shape index (κ1) is 13.0. The summed E-state index contributed by atoms with van der Waals surface area (Å²) >= 11 is 4.50. The molecule has 2 rings (SSSR count). The van der Waals surface area contributed by atoms with Gasteiger partial charge in [0.25, 0.3) is 11.5 Å². The molecule has 0 aliphatic carbocycles. The lowest BCUT2D eigenvalue weighted by atomic mass is 10.4. The number of pyridine rings is 1. The van der Waals surface area contributed by atoms with Crippen molar-refractivity contribution in [2.75, 3.05) is 0 Å². The van der Waals surface area contributed by atoms with Gasteiger partial charge in [-0.1, -0.05) is 0 Å². The fraction of sp³-hybridized carbons (Fsp3) is 0.0909. The molecule has 2 aromatic rings. The summed E-state index contributed by atoms with van der Waals surface area (Å²) < 4.78 is 2.08. The molecule has 0 saturated heterocycles. The first-order valence-electron chi connectivity index (χ1n) is 5.06. The predicted octanol–water partition coefficient (Wildman–Crippen LogP) is 1.32. The fourth-order valence-corrected chi connectivity index (χ4v) is 2.75. The van der Waals surface area contributed by atoms with Crippen molar-refractivity contribution in [1.29, 1.82) is 0 Å². The van der Waals surface area contributed by atoms with Crippen LogP contribution in [0, 0.1) is 0 Å². The molecule has 2 aromatic heterocycles. The van der Waals surface area contributed by atoms with E-state index in [2.05, 4.69) is 21.4 Å². The Hall–Kier alpha value is -1.44. The largest absolute Gasteiger partial charge is 0.309 e. The van der Waals surface area contributed by atoms with Crippen molar-refractivity contribution in [2.24, 2.45) is 5.84 Å². The number of rotatable bonds is 3. The third-order valence-corrected chi connectivity index (χ3v) is 3.99. The zero-order chi connectivity index (χ0) is 13.1. The second-order valence-electron chi connectivity index (χ2n) is 3.53. The van der Waals surface area contributed by atoms with E-state index >= 15 is 0 Å². The van der Waals surface area contributed by atoms with Crippen LogP contribution in [-0.2, 0) is 6.54 Å². The maximum Gasteiger partial charge on any atom is 0.275 e. The summed E-state index contributed by atoms with van der Waals surface area (Å²) in [6.07, 6.45) is 1.70. The maximum atomic E-state index is 11.8. The minimum atomic E-state index is -0.326. The molecule has 0 atom stereocenters. The van der Waals surface area contributed by atoms with Crippen LogP contribution in [0.15, 0.2) is 39.7 Å². The molecule has 0 fully saturated rings. The quantitative estimate of drug-likeness (QED) is 0.507. The van der Waals surface area contributed by atoms with Crippen LogP contribution in [0.5, 0.6) is 0 Å². The van der Waals surface area contributed by atoms with Crippen LogP contribution >= 0.6 is 27.3 Å². The van der Waals surface area contributed by atoms with Crippen LogP contribution in [-0.4, -0.2) is 10.5 Å². The van der Waals surface area contributed by atoms with Crippen molar-refractivity contribution in [3.05, 3.63) is 55.0 Å². The summed E-state index contributed by atoms with van der Waals surface area (Å²) in [5.41, 5.74) is 1.97. The molecule has 18 heavy (non-hydrogen) atoms. The molecular weight excluding hydrogens is 318 g/mol. The molecule has 7 heteroatoms. The summed E-state index contributed by atoms with van der Waals surface area (Å²) in [4.78, 5) is 24.5.